The molecule has 0 radical (unpaired) electrons. The third-order valence-electron chi connectivity index (χ3n) is 24.8. The first kappa shape index (κ1) is 56.6. The van der Waals surface area contributed by atoms with Crippen LogP contribution in [-0.4, -0.2) is 25.0 Å². The second-order valence-corrected chi connectivity index (χ2v) is 36.2. The smallest absolute Gasteiger partial charge is 0.252 e. The van der Waals surface area contributed by atoms with Gasteiger partial charge >= 0.3 is 0 Å². The quantitative estimate of drug-likeness (QED) is 0.135. The van der Waals surface area contributed by atoms with Crippen LogP contribution >= 0.6 is 0 Å². The molecule has 0 atom stereocenters. The Morgan fingerprint density at radius 3 is 1.08 bits per heavy atom. The lowest BCUT2D eigenvalue weighted by atomic mass is 9.33. The molecule has 0 bridgehead atoms. The van der Waals surface area contributed by atoms with Crippen molar-refractivity contribution in [3.8, 4) is 56.1 Å². The summed E-state index contributed by atoms with van der Waals surface area (Å²) in [4.78, 5) is 4.63. The van der Waals surface area contributed by atoms with Gasteiger partial charge in [-0.2, -0.15) is 0 Å². The van der Waals surface area contributed by atoms with Gasteiger partial charge in [0.25, 0.3) is 6.71 Å². The molecule has 0 saturated heterocycles. The van der Waals surface area contributed by atoms with Gasteiger partial charge in [-0.05, 0) is 221 Å². The predicted octanol–water partition coefficient (Wildman–Crippen LogP) is 28.3. The number of hydrogen-bond acceptors (Lipinski definition) is 2. The lowest BCUT2D eigenvalue weighted by Gasteiger charge is -2.45. The molecule has 6 heterocycles. The van der Waals surface area contributed by atoms with Crippen molar-refractivity contribution in [2.24, 2.45) is 0 Å². The van der Waals surface area contributed by atoms with Crippen molar-refractivity contribution < 1.29 is 21.9 Å². The molecule has 4 aromatic heterocycles. The molecule has 0 unspecified atom stereocenters. The van der Waals surface area contributed by atoms with Gasteiger partial charge in [0.1, 0.15) is 0 Å². The minimum absolute atomic E-state index is 0.0549. The Morgan fingerprint density at radius 1 is 0.227 bits per heavy atom. The zero-order valence-electron chi connectivity index (χ0n) is 84.4. The van der Waals surface area contributed by atoms with Gasteiger partial charge in [0.2, 0.25) is 0 Å². The van der Waals surface area contributed by atoms with Gasteiger partial charge < -0.3 is 28.1 Å². The second-order valence-electron chi connectivity index (χ2n) is 36.2. The van der Waals surface area contributed by atoms with Gasteiger partial charge in [-0.3, -0.25) is 0 Å². The van der Waals surface area contributed by atoms with E-state index in [9.17, 15) is 21.9 Å². The average Bonchev–Trinajstić information content (AvgIpc) is 1.67. The van der Waals surface area contributed by atoms with E-state index in [0.717, 1.165) is 116 Å². The van der Waals surface area contributed by atoms with Crippen LogP contribution in [0.1, 0.15) is 127 Å². The maximum atomic E-state index is 10.0. The van der Waals surface area contributed by atoms with E-state index in [-0.39, 0.29) is 54.4 Å². The molecular formula is C112H93BN6. The summed E-state index contributed by atoms with van der Waals surface area (Å²) in [5.41, 5.74) is 20.9. The number of anilines is 6. The average molecular weight is 1550 g/mol. The van der Waals surface area contributed by atoms with Gasteiger partial charge in [-0.1, -0.05) is 301 Å². The van der Waals surface area contributed by atoms with Crippen LogP contribution in [0, 0.1) is 0 Å². The summed E-state index contributed by atoms with van der Waals surface area (Å²) in [5.74, 6) is 0. The summed E-state index contributed by atoms with van der Waals surface area (Å²) >= 11 is 0. The first-order valence-electron chi connectivity index (χ1n) is 48.9. The van der Waals surface area contributed by atoms with E-state index < -0.39 is 114 Å². The maximum absolute atomic E-state index is 10.0. The summed E-state index contributed by atoms with van der Waals surface area (Å²) in [6.07, 6.45) is 0. The normalized spacial score (nSPS) is 15.0. The number of fused-ring (bicyclic) bond motifs is 16. The van der Waals surface area contributed by atoms with Crippen LogP contribution in [0.15, 0.2) is 345 Å². The number of benzene rings is 16. The summed E-state index contributed by atoms with van der Waals surface area (Å²) in [6.45, 7) is 26.1. The fourth-order valence-corrected chi connectivity index (χ4v) is 18.8. The van der Waals surface area contributed by atoms with E-state index >= 15 is 0 Å². The van der Waals surface area contributed by atoms with Gasteiger partial charge in [0.15, 0.2) is 0 Å². The fraction of sp³-hybridized carbons (Fsp3) is 0.143. The van der Waals surface area contributed by atoms with Crippen LogP contribution in [0.3, 0.4) is 0 Å². The summed E-state index contributed by atoms with van der Waals surface area (Å²) in [5, 5.41) is 3.77. The van der Waals surface area contributed by atoms with E-state index in [1.54, 1.807) is 9.13 Å². The molecular weight excluding hydrogens is 1440 g/mol. The second kappa shape index (κ2) is 26.4. The number of aromatic nitrogens is 4. The Labute approximate surface area is 719 Å². The number of nitrogens with zero attached hydrogens (tertiary/aromatic N) is 6. The van der Waals surface area contributed by atoms with E-state index in [1.165, 1.54) is 11.1 Å². The lowest BCUT2D eigenvalue weighted by molar-refractivity contribution is 0.569. The first-order valence-corrected chi connectivity index (χ1v) is 40.9. The molecule has 574 valence electrons. The van der Waals surface area contributed by atoms with Crippen molar-refractivity contribution in [1.82, 2.24) is 18.3 Å². The number of para-hydroxylation sites is 7. The molecule has 0 fully saturated rings. The molecule has 0 N–H and O–H groups in total. The van der Waals surface area contributed by atoms with Crippen molar-refractivity contribution in [3.63, 3.8) is 0 Å². The van der Waals surface area contributed by atoms with Crippen LogP contribution in [0.4, 0.5) is 34.1 Å². The summed E-state index contributed by atoms with van der Waals surface area (Å²) < 4.78 is 161. The minimum Gasteiger partial charge on any atom is -0.311 e. The Bertz CT molecular complexity index is 8310. The highest BCUT2D eigenvalue weighted by Crippen LogP contribution is 2.53. The molecule has 0 spiro atoms. The molecule has 0 amide bonds. The molecule has 119 heavy (non-hydrogen) atoms. The highest BCUT2D eigenvalue weighted by molar-refractivity contribution is 7.00. The third kappa shape index (κ3) is 11.4. The molecule has 2 aliphatic heterocycles. The van der Waals surface area contributed by atoms with Crippen LogP contribution < -0.4 is 26.2 Å². The van der Waals surface area contributed by atoms with Crippen LogP contribution in [0.2, 0.25) is 0 Å². The van der Waals surface area contributed by atoms with Crippen LogP contribution in [-0.2, 0) is 21.7 Å². The number of rotatable bonds is 9. The van der Waals surface area contributed by atoms with Gasteiger partial charge in [0.05, 0.1) is 77.4 Å². The molecule has 0 saturated carbocycles. The highest BCUT2D eigenvalue weighted by atomic mass is 15.2. The standard InChI is InChI=1S/C112H93BN6/c1-109(2,3)76-50-56-98-90(66-76)91-67-77(110(4,5)6)51-57-99(91)118(98)100-48-30-42-88-89-43-31-49-101(108(89)117(107(88)100)80-36-20-15-21-37-80)119-103-69-82(115-96-46-28-24-40-86(96)87-41-25-29-47-97(87)115)53-55-93(103)113-92-54-52-81(114-94-44-26-22-38-84(94)85-39-23-27-45-95(85)114)68-102(92)116(83-61-72(70-32-16-13-17-33-70)58-73(62-83)71-34-18-14-19-35-71)104-63-75(64-105(119)106(104)113)74-59-78(111(7,8)9)65-79(60-74)112(10,11)12/h13-69H,1-12H3/i22D,23D,24D,25D,26D,27D,28D,29D,38D,39D,40D,41D,44D,45D,46D,47D. The summed E-state index contributed by atoms with van der Waals surface area (Å²) in [7, 11) is 0. The highest BCUT2D eigenvalue weighted by Gasteiger charge is 2.46. The Kier molecular flexibility index (Phi) is 12.6. The SMILES string of the molecule is [2H]c1c([2H])c([2H])c2c(c1[2H])c1c([2H])c([2H])c([2H])c([2H])c1n2-c1ccc2c(c1)N(c1cc(-c3ccccc3)cc(-c3ccccc3)c1)c1cc(-c3cc(C(C)(C)C)cc(C(C)(C)C)c3)cc3c1B2c1ccc(-n2c4c([2H])c([2H])c([2H])c([2H])c4c4c([2H])c([2H])c([2H])c([2H])c42)cc1N3c1cccc2c3cccc(-n4c5ccc(C(C)(C)C)cc5c5cc(C(C)(C)C)ccc54)c3n(-c3ccccc3)c12. The zero-order valence-corrected chi connectivity index (χ0v) is 68.4. The Balaban J connectivity index is 0.945. The molecule has 22 rings (SSSR count). The van der Waals surface area contributed by atoms with Gasteiger partial charge in [-0.15, -0.1) is 0 Å². The van der Waals surface area contributed by atoms with Crippen LogP contribution in [0.5, 0.6) is 0 Å². The maximum Gasteiger partial charge on any atom is 0.252 e. The van der Waals surface area contributed by atoms with Crippen molar-refractivity contribution in [2.45, 2.75) is 105 Å². The Hall–Kier alpha value is -13.6. The van der Waals surface area contributed by atoms with Gasteiger partial charge in [0, 0.05) is 88.6 Å². The zero-order chi connectivity index (χ0) is 94.8. The lowest BCUT2D eigenvalue weighted by Crippen LogP contribution is -2.61. The monoisotopic (exact) mass is 1550 g/mol. The van der Waals surface area contributed by atoms with E-state index in [4.69, 9.17) is 0 Å². The van der Waals surface area contributed by atoms with E-state index in [0.29, 0.717) is 45.5 Å². The largest absolute Gasteiger partial charge is 0.311 e. The van der Waals surface area contributed by atoms with E-state index in [2.05, 4.69) is 272 Å². The topological polar surface area (TPSA) is 26.2 Å². The van der Waals surface area contributed by atoms with Gasteiger partial charge in [-0.25, -0.2) is 0 Å². The molecule has 20 aromatic rings. The van der Waals surface area contributed by atoms with Crippen molar-refractivity contribution in [3.05, 3.63) is 368 Å². The molecule has 0 aliphatic carbocycles. The predicted molar refractivity (Wildman–Crippen MR) is 509 cm³/mol. The molecule has 16 aromatic carbocycles. The van der Waals surface area contributed by atoms with Crippen molar-refractivity contribution in [2.75, 3.05) is 9.80 Å². The number of hydrogen-bond donors (Lipinski definition) is 0. The molecule has 6 nitrogen and oxygen atoms in total. The summed E-state index contributed by atoms with van der Waals surface area (Å²) in [6, 6.07) is 79.3. The van der Waals surface area contributed by atoms with E-state index in [1.807, 2.05) is 78.9 Å². The minimum atomic E-state index is -0.805. The third-order valence-corrected chi connectivity index (χ3v) is 24.8. The van der Waals surface area contributed by atoms with Crippen molar-refractivity contribution in [1.29, 1.82) is 0 Å². The fourth-order valence-electron chi connectivity index (χ4n) is 18.8. The van der Waals surface area contributed by atoms with Crippen LogP contribution in [0.25, 0.3) is 143 Å². The molecule has 7 heteroatoms. The van der Waals surface area contributed by atoms with Crippen molar-refractivity contribution >= 4 is 144 Å². The first-order chi connectivity index (χ1) is 64.2. The molecule has 2 aliphatic rings. The Morgan fingerprint density at radius 2 is 0.622 bits per heavy atom.